The van der Waals surface area contributed by atoms with Gasteiger partial charge in [-0.25, -0.2) is 4.99 Å². The highest BCUT2D eigenvalue weighted by molar-refractivity contribution is 5.95. The minimum atomic E-state index is 0.707. The van der Waals surface area contributed by atoms with Crippen LogP contribution in [0.1, 0.15) is 11.1 Å². The van der Waals surface area contributed by atoms with E-state index >= 15 is 0 Å². The van der Waals surface area contributed by atoms with Crippen LogP contribution in [-0.4, -0.2) is 19.0 Å². The summed E-state index contributed by atoms with van der Waals surface area (Å²) in [7, 11) is 0. The molecule has 2 nitrogen and oxygen atoms in total. The van der Waals surface area contributed by atoms with Gasteiger partial charge in [0.25, 0.3) is 0 Å². The fourth-order valence-electron chi connectivity index (χ4n) is 1.27. The number of ether oxygens (including phenoxy) is 1. The molecule has 0 amide bonds. The Morgan fingerprint density at radius 2 is 2.08 bits per heavy atom. The topological polar surface area (TPSA) is 21.6 Å². The van der Waals surface area contributed by atoms with Crippen molar-refractivity contribution in [2.45, 2.75) is 0 Å². The number of benzene rings is 1. The molecule has 1 aliphatic rings. The normalized spacial score (nSPS) is 14.9. The van der Waals surface area contributed by atoms with Crippen LogP contribution in [0.2, 0.25) is 0 Å². The molecule has 0 saturated carbocycles. The average molecular weight is 173 g/mol. The van der Waals surface area contributed by atoms with Gasteiger partial charge in [-0.2, -0.15) is 0 Å². The van der Waals surface area contributed by atoms with E-state index in [0.29, 0.717) is 6.61 Å². The Hall–Kier alpha value is -1.57. The first-order valence-electron chi connectivity index (χ1n) is 4.30. The summed E-state index contributed by atoms with van der Waals surface area (Å²) in [5.41, 5.74) is 2.16. The third-order valence-electron chi connectivity index (χ3n) is 1.98. The molecule has 0 radical (unpaired) electrons. The highest BCUT2D eigenvalue weighted by Crippen LogP contribution is 2.09. The zero-order valence-corrected chi connectivity index (χ0v) is 7.36. The highest BCUT2D eigenvalue weighted by Gasteiger charge is 2.08. The van der Waals surface area contributed by atoms with Crippen molar-refractivity contribution in [1.29, 1.82) is 0 Å². The van der Waals surface area contributed by atoms with Gasteiger partial charge in [0.05, 0.1) is 6.54 Å². The third kappa shape index (κ3) is 1.61. The Kier molecular flexibility index (Phi) is 2.13. The average Bonchev–Trinajstić information content (AvgIpc) is 2.71. The molecule has 0 fully saturated rings. The van der Waals surface area contributed by atoms with Gasteiger partial charge in [0, 0.05) is 5.56 Å². The zero-order valence-electron chi connectivity index (χ0n) is 7.36. The van der Waals surface area contributed by atoms with Crippen molar-refractivity contribution < 1.29 is 4.74 Å². The van der Waals surface area contributed by atoms with E-state index in [1.165, 1.54) is 0 Å². The van der Waals surface area contributed by atoms with Crippen molar-refractivity contribution in [2.75, 3.05) is 13.2 Å². The second-order valence-electron chi connectivity index (χ2n) is 2.86. The van der Waals surface area contributed by atoms with Gasteiger partial charge in [0.15, 0.2) is 0 Å². The molecule has 0 atom stereocenters. The molecule has 0 unspecified atom stereocenters. The lowest BCUT2D eigenvalue weighted by molar-refractivity contribution is 0.348. The first-order valence-corrected chi connectivity index (χ1v) is 4.30. The minimum absolute atomic E-state index is 0.707. The predicted molar refractivity (Wildman–Crippen MR) is 53.9 cm³/mol. The maximum Gasteiger partial charge on any atom is 0.216 e. The molecular formula is C11H11NO. The maximum atomic E-state index is 5.34. The van der Waals surface area contributed by atoms with Gasteiger partial charge in [-0.1, -0.05) is 24.8 Å². The van der Waals surface area contributed by atoms with Crippen LogP contribution < -0.4 is 0 Å². The van der Waals surface area contributed by atoms with Gasteiger partial charge in [0.1, 0.15) is 6.61 Å². The summed E-state index contributed by atoms with van der Waals surface area (Å²) in [6, 6.07) is 8.02. The number of nitrogens with zero attached hydrogens (tertiary/aromatic N) is 1. The number of aliphatic imine (C=N–C) groups is 1. The maximum absolute atomic E-state index is 5.34. The van der Waals surface area contributed by atoms with Gasteiger partial charge in [-0.3, -0.25) is 0 Å². The lowest BCUT2D eigenvalue weighted by Gasteiger charge is -2.01. The Bertz CT molecular complexity index is 338. The van der Waals surface area contributed by atoms with Crippen LogP contribution in [0.5, 0.6) is 0 Å². The van der Waals surface area contributed by atoms with E-state index in [4.69, 9.17) is 4.74 Å². The van der Waals surface area contributed by atoms with E-state index in [0.717, 1.165) is 23.6 Å². The molecule has 0 bridgehead atoms. The van der Waals surface area contributed by atoms with Crippen LogP contribution in [0.3, 0.4) is 0 Å². The lowest BCUT2D eigenvalue weighted by atomic mass is 10.1. The minimum Gasteiger partial charge on any atom is -0.476 e. The molecule has 2 heteroatoms. The largest absolute Gasteiger partial charge is 0.476 e. The smallest absolute Gasteiger partial charge is 0.216 e. The van der Waals surface area contributed by atoms with E-state index < -0.39 is 0 Å². The van der Waals surface area contributed by atoms with E-state index in [1.807, 2.05) is 30.3 Å². The zero-order chi connectivity index (χ0) is 9.10. The summed E-state index contributed by atoms with van der Waals surface area (Å²) in [6.07, 6.45) is 1.82. The number of hydrogen-bond acceptors (Lipinski definition) is 2. The molecule has 2 rings (SSSR count). The van der Waals surface area contributed by atoms with E-state index in [9.17, 15) is 0 Å². The fourth-order valence-corrected chi connectivity index (χ4v) is 1.27. The quantitative estimate of drug-likeness (QED) is 0.671. The van der Waals surface area contributed by atoms with Crippen LogP contribution in [0, 0.1) is 0 Å². The van der Waals surface area contributed by atoms with Crippen molar-refractivity contribution >= 4 is 12.0 Å². The molecule has 13 heavy (non-hydrogen) atoms. The number of rotatable bonds is 2. The van der Waals surface area contributed by atoms with Crippen LogP contribution >= 0.6 is 0 Å². The van der Waals surface area contributed by atoms with Crippen molar-refractivity contribution in [1.82, 2.24) is 0 Å². The monoisotopic (exact) mass is 173 g/mol. The standard InChI is InChI=1S/C11H11NO/c1-2-9-3-5-10(6-4-9)11-12-7-8-13-11/h2-6H,1,7-8H2. The Balaban J connectivity index is 2.26. The second kappa shape index (κ2) is 3.44. The summed E-state index contributed by atoms with van der Waals surface area (Å²) >= 11 is 0. The molecule has 0 aliphatic carbocycles. The van der Waals surface area contributed by atoms with E-state index in [2.05, 4.69) is 11.6 Å². The summed E-state index contributed by atoms with van der Waals surface area (Å²) in [5.74, 6) is 0.760. The number of hydrogen-bond donors (Lipinski definition) is 0. The van der Waals surface area contributed by atoms with Gasteiger partial charge in [-0.15, -0.1) is 0 Å². The highest BCUT2D eigenvalue weighted by atomic mass is 16.5. The molecule has 0 saturated heterocycles. The Labute approximate surface area is 77.6 Å². The van der Waals surface area contributed by atoms with Crippen LogP contribution in [0.4, 0.5) is 0 Å². The molecule has 1 aromatic rings. The van der Waals surface area contributed by atoms with Crippen LogP contribution in [0.15, 0.2) is 35.8 Å². The first-order chi connectivity index (χ1) is 6.40. The summed E-state index contributed by atoms with van der Waals surface area (Å²) in [4.78, 5) is 4.23. The Morgan fingerprint density at radius 3 is 2.62 bits per heavy atom. The van der Waals surface area contributed by atoms with Crippen molar-refractivity contribution in [2.24, 2.45) is 4.99 Å². The molecule has 0 aromatic heterocycles. The van der Waals surface area contributed by atoms with Crippen LogP contribution in [-0.2, 0) is 4.74 Å². The first kappa shape index (κ1) is 8.05. The molecule has 1 heterocycles. The third-order valence-corrected chi connectivity index (χ3v) is 1.98. The van der Waals surface area contributed by atoms with Gasteiger partial charge < -0.3 is 4.74 Å². The molecule has 0 spiro atoms. The fraction of sp³-hybridized carbons (Fsp3) is 0.182. The summed E-state index contributed by atoms with van der Waals surface area (Å²) in [5, 5.41) is 0. The molecule has 1 aliphatic heterocycles. The van der Waals surface area contributed by atoms with Crippen molar-refractivity contribution in [3.8, 4) is 0 Å². The summed E-state index contributed by atoms with van der Waals surface area (Å²) < 4.78 is 5.34. The van der Waals surface area contributed by atoms with E-state index in [1.54, 1.807) is 0 Å². The second-order valence-corrected chi connectivity index (χ2v) is 2.86. The molecule has 0 N–H and O–H groups in total. The SMILES string of the molecule is C=Cc1ccc(C2=NCCO2)cc1. The lowest BCUT2D eigenvalue weighted by Crippen LogP contribution is -2.00. The van der Waals surface area contributed by atoms with Crippen molar-refractivity contribution in [3.05, 3.63) is 42.0 Å². The van der Waals surface area contributed by atoms with Gasteiger partial charge in [-0.05, 0) is 17.7 Å². The summed E-state index contributed by atoms with van der Waals surface area (Å²) in [6.45, 7) is 5.18. The van der Waals surface area contributed by atoms with Gasteiger partial charge >= 0.3 is 0 Å². The molecule has 1 aromatic carbocycles. The van der Waals surface area contributed by atoms with E-state index in [-0.39, 0.29) is 0 Å². The van der Waals surface area contributed by atoms with Crippen molar-refractivity contribution in [3.63, 3.8) is 0 Å². The van der Waals surface area contributed by atoms with Gasteiger partial charge in [0.2, 0.25) is 5.90 Å². The predicted octanol–water partition coefficient (Wildman–Crippen LogP) is 2.11. The molecular weight excluding hydrogens is 162 g/mol. The van der Waals surface area contributed by atoms with Crippen LogP contribution in [0.25, 0.3) is 6.08 Å². The molecule has 66 valence electrons. The Morgan fingerprint density at radius 1 is 1.31 bits per heavy atom.